The van der Waals surface area contributed by atoms with Crippen LogP contribution in [0.25, 0.3) is 22.4 Å². The van der Waals surface area contributed by atoms with Gasteiger partial charge in [-0.05, 0) is 35.9 Å². The first-order chi connectivity index (χ1) is 13.7. The monoisotopic (exact) mass is 400 g/mol. The molecular weight excluding hydrogens is 391 g/mol. The van der Waals surface area contributed by atoms with Crippen molar-refractivity contribution >= 4 is 5.82 Å². The summed E-state index contributed by atoms with van der Waals surface area (Å²) in [7, 11) is 0. The second-order valence-electron chi connectivity index (χ2n) is 5.89. The lowest BCUT2D eigenvalue weighted by Crippen LogP contribution is -2.06. The molecule has 29 heavy (non-hydrogen) atoms. The molecule has 0 aliphatic carbocycles. The smallest absolute Gasteiger partial charge is 0.383 e. The highest BCUT2D eigenvalue weighted by Crippen LogP contribution is 2.38. The molecule has 0 fully saturated rings. The van der Waals surface area contributed by atoms with E-state index in [9.17, 15) is 32.5 Å². The van der Waals surface area contributed by atoms with E-state index in [1.54, 1.807) is 12.1 Å². The molecular formula is C20H9F5N4. The molecule has 9 heteroatoms. The average molecular weight is 400 g/mol. The van der Waals surface area contributed by atoms with Gasteiger partial charge in [0.15, 0.2) is 0 Å². The third-order valence-corrected chi connectivity index (χ3v) is 4.13. The van der Waals surface area contributed by atoms with Crippen molar-refractivity contribution in [2.75, 3.05) is 5.73 Å². The number of rotatable bonds is 2. The van der Waals surface area contributed by atoms with E-state index in [1.165, 1.54) is 0 Å². The van der Waals surface area contributed by atoms with Crippen LogP contribution in [-0.2, 0) is 6.18 Å². The largest absolute Gasteiger partial charge is 0.416 e. The van der Waals surface area contributed by atoms with Crippen molar-refractivity contribution in [2.24, 2.45) is 0 Å². The summed E-state index contributed by atoms with van der Waals surface area (Å²) < 4.78 is 66.4. The quantitative estimate of drug-likeness (QED) is 0.611. The fourth-order valence-electron chi connectivity index (χ4n) is 2.81. The van der Waals surface area contributed by atoms with Crippen molar-refractivity contribution in [2.45, 2.75) is 6.18 Å². The van der Waals surface area contributed by atoms with Gasteiger partial charge < -0.3 is 5.73 Å². The summed E-state index contributed by atoms with van der Waals surface area (Å²) >= 11 is 0. The van der Waals surface area contributed by atoms with Gasteiger partial charge in [-0.2, -0.15) is 23.7 Å². The Labute approximate surface area is 161 Å². The molecule has 1 heterocycles. The number of halogens is 5. The number of nitrogens with zero attached hydrogens (tertiary/aromatic N) is 3. The second-order valence-corrected chi connectivity index (χ2v) is 5.89. The van der Waals surface area contributed by atoms with Crippen molar-refractivity contribution < 1.29 is 22.0 Å². The zero-order chi connectivity index (χ0) is 21.3. The van der Waals surface area contributed by atoms with Crippen LogP contribution in [0.5, 0.6) is 0 Å². The number of hydrogen-bond acceptors (Lipinski definition) is 4. The van der Waals surface area contributed by atoms with Gasteiger partial charge in [-0.15, -0.1) is 0 Å². The van der Waals surface area contributed by atoms with Gasteiger partial charge >= 0.3 is 6.18 Å². The zero-order valence-corrected chi connectivity index (χ0v) is 14.4. The first-order valence-electron chi connectivity index (χ1n) is 7.94. The lowest BCUT2D eigenvalue weighted by molar-refractivity contribution is -0.137. The van der Waals surface area contributed by atoms with Crippen molar-refractivity contribution in [3.8, 4) is 34.5 Å². The molecule has 0 saturated heterocycles. The van der Waals surface area contributed by atoms with E-state index in [1.807, 2.05) is 0 Å². The van der Waals surface area contributed by atoms with E-state index in [2.05, 4.69) is 4.98 Å². The molecule has 0 saturated carbocycles. The van der Waals surface area contributed by atoms with Gasteiger partial charge in [0, 0.05) is 11.1 Å². The summed E-state index contributed by atoms with van der Waals surface area (Å²) in [5.74, 6) is -2.07. The molecule has 144 valence electrons. The number of nitrogen functional groups attached to an aromatic ring is 1. The molecule has 0 aliphatic rings. The fraction of sp³-hybridized carbons (Fsp3) is 0.0500. The highest BCUT2D eigenvalue weighted by atomic mass is 19.4. The minimum Gasteiger partial charge on any atom is -0.383 e. The Morgan fingerprint density at radius 3 is 2.07 bits per heavy atom. The van der Waals surface area contributed by atoms with Crippen molar-refractivity contribution in [1.29, 1.82) is 10.5 Å². The Balaban J connectivity index is 2.35. The van der Waals surface area contributed by atoms with Gasteiger partial charge in [-0.25, -0.2) is 13.8 Å². The van der Waals surface area contributed by atoms with Crippen LogP contribution in [0, 0.1) is 34.3 Å². The molecule has 0 spiro atoms. The zero-order valence-electron chi connectivity index (χ0n) is 14.4. The number of nitrogens with two attached hydrogens (primary N) is 1. The van der Waals surface area contributed by atoms with E-state index in [-0.39, 0.29) is 39.3 Å². The van der Waals surface area contributed by atoms with Crippen LogP contribution in [-0.4, -0.2) is 4.98 Å². The number of pyridine rings is 1. The van der Waals surface area contributed by atoms with Gasteiger partial charge in [-0.1, -0.05) is 12.1 Å². The summed E-state index contributed by atoms with van der Waals surface area (Å²) in [4.78, 5) is 3.88. The molecule has 4 nitrogen and oxygen atoms in total. The molecule has 0 atom stereocenters. The maximum Gasteiger partial charge on any atom is 0.416 e. The fourth-order valence-corrected chi connectivity index (χ4v) is 2.81. The molecule has 2 aromatic carbocycles. The topological polar surface area (TPSA) is 86.5 Å². The molecule has 0 bridgehead atoms. The predicted molar refractivity (Wildman–Crippen MR) is 93.9 cm³/mol. The summed E-state index contributed by atoms with van der Waals surface area (Å²) in [6.45, 7) is 0. The predicted octanol–water partition coefficient (Wildman–Crippen LogP) is 5.04. The third-order valence-electron chi connectivity index (χ3n) is 4.13. The average Bonchev–Trinajstić information content (AvgIpc) is 2.68. The number of benzene rings is 2. The van der Waals surface area contributed by atoms with Crippen molar-refractivity contribution in [3.63, 3.8) is 0 Å². The van der Waals surface area contributed by atoms with Crippen molar-refractivity contribution in [1.82, 2.24) is 4.98 Å². The minimum atomic E-state index is -4.58. The van der Waals surface area contributed by atoms with E-state index in [4.69, 9.17) is 5.73 Å². The van der Waals surface area contributed by atoms with Gasteiger partial charge in [0.1, 0.15) is 35.2 Å². The van der Waals surface area contributed by atoms with Gasteiger partial charge in [0.05, 0.1) is 16.8 Å². The Kier molecular flexibility index (Phi) is 4.92. The Hall–Kier alpha value is -3.98. The number of anilines is 1. The normalized spacial score (nSPS) is 11.0. The van der Waals surface area contributed by atoms with Crippen LogP contribution in [0.3, 0.4) is 0 Å². The molecule has 2 N–H and O–H groups in total. The number of hydrogen-bond donors (Lipinski definition) is 1. The van der Waals surface area contributed by atoms with E-state index in [0.717, 1.165) is 42.5 Å². The molecule has 0 amide bonds. The highest BCUT2D eigenvalue weighted by molar-refractivity contribution is 5.87. The van der Waals surface area contributed by atoms with E-state index in [0.29, 0.717) is 0 Å². The van der Waals surface area contributed by atoms with Crippen LogP contribution in [0.15, 0.2) is 42.5 Å². The van der Waals surface area contributed by atoms with Crippen molar-refractivity contribution in [3.05, 3.63) is 70.8 Å². The number of aromatic nitrogens is 1. The standard InChI is InChI=1S/C20H9F5N4/c21-12-5-6-16(22)13(7-12)18-14(8-26)17(15(9-27)19(28)29-18)10-1-3-11(4-2-10)20(23,24)25/h1-7H,(H2,28,29). The maximum atomic E-state index is 14.3. The summed E-state index contributed by atoms with van der Waals surface area (Å²) in [5, 5.41) is 19.1. The lowest BCUT2D eigenvalue weighted by atomic mass is 9.92. The van der Waals surface area contributed by atoms with Crippen LogP contribution < -0.4 is 5.73 Å². The van der Waals surface area contributed by atoms with Crippen LogP contribution >= 0.6 is 0 Å². The molecule has 3 aromatic rings. The maximum absolute atomic E-state index is 14.3. The van der Waals surface area contributed by atoms with Gasteiger partial charge in [-0.3, -0.25) is 0 Å². The summed E-state index contributed by atoms with van der Waals surface area (Å²) in [6.07, 6.45) is -4.58. The van der Waals surface area contributed by atoms with E-state index < -0.39 is 23.4 Å². The molecule has 0 aliphatic heterocycles. The Bertz CT molecular complexity index is 1190. The second kappa shape index (κ2) is 7.21. The Morgan fingerprint density at radius 2 is 1.52 bits per heavy atom. The van der Waals surface area contributed by atoms with Crippen LogP contribution in [0.2, 0.25) is 0 Å². The molecule has 1 aromatic heterocycles. The Morgan fingerprint density at radius 1 is 0.897 bits per heavy atom. The van der Waals surface area contributed by atoms with E-state index >= 15 is 0 Å². The first-order valence-corrected chi connectivity index (χ1v) is 7.94. The molecule has 0 radical (unpaired) electrons. The van der Waals surface area contributed by atoms with Gasteiger partial charge in [0.2, 0.25) is 0 Å². The highest BCUT2D eigenvalue weighted by Gasteiger charge is 2.30. The third kappa shape index (κ3) is 3.58. The minimum absolute atomic E-state index is 0.0678. The summed E-state index contributed by atoms with van der Waals surface area (Å²) in [6, 6.07) is 9.71. The SMILES string of the molecule is N#Cc1c(N)nc(-c2cc(F)ccc2F)c(C#N)c1-c1ccc(C(F)(F)F)cc1. The first kappa shape index (κ1) is 19.8. The molecule has 3 rings (SSSR count). The number of nitriles is 2. The number of alkyl halides is 3. The summed E-state index contributed by atoms with van der Waals surface area (Å²) in [5.41, 5.74) is 3.52. The molecule has 0 unspecified atom stereocenters. The van der Waals surface area contributed by atoms with Crippen LogP contribution in [0.1, 0.15) is 16.7 Å². The lowest BCUT2D eigenvalue weighted by Gasteiger charge is -2.15. The van der Waals surface area contributed by atoms with Crippen LogP contribution in [0.4, 0.5) is 27.8 Å². The van der Waals surface area contributed by atoms with Gasteiger partial charge in [0.25, 0.3) is 0 Å².